The number of benzene rings is 1. The highest BCUT2D eigenvalue weighted by Gasteiger charge is 2.24. The number of halogens is 1. The first-order valence-corrected chi connectivity index (χ1v) is 10.9. The summed E-state index contributed by atoms with van der Waals surface area (Å²) in [7, 11) is -3.41. The van der Waals surface area contributed by atoms with Crippen molar-refractivity contribution in [2.45, 2.75) is 62.8 Å². The fourth-order valence-electron chi connectivity index (χ4n) is 3.04. The van der Waals surface area contributed by atoms with Gasteiger partial charge in [-0.2, -0.15) is 4.31 Å². The monoisotopic (exact) mass is 417 g/mol. The van der Waals surface area contributed by atoms with E-state index in [0.717, 1.165) is 37.7 Å². The second kappa shape index (κ2) is 11.6. The van der Waals surface area contributed by atoms with Crippen LogP contribution >= 0.6 is 12.4 Å². The number of hydrogen-bond donors (Lipinski definition) is 2. The van der Waals surface area contributed by atoms with E-state index in [4.69, 9.17) is 5.73 Å². The van der Waals surface area contributed by atoms with Crippen molar-refractivity contribution in [2.75, 3.05) is 19.6 Å². The molecule has 1 atom stereocenters. The molecule has 0 aliphatic carbocycles. The molecule has 1 fully saturated rings. The quantitative estimate of drug-likeness (QED) is 0.679. The SMILES string of the molecule is CC(N)CCNC(=O)CCc1ccc(S(=O)(=O)N2CCCCCC2)cc1.Cl. The molecule has 2 rings (SSSR count). The fourth-order valence-corrected chi connectivity index (χ4v) is 4.56. The second-order valence-electron chi connectivity index (χ2n) is 7.08. The van der Waals surface area contributed by atoms with Crippen molar-refractivity contribution < 1.29 is 13.2 Å². The minimum atomic E-state index is -3.41. The molecule has 1 aromatic carbocycles. The maximum absolute atomic E-state index is 12.7. The molecule has 1 unspecified atom stereocenters. The lowest BCUT2D eigenvalue weighted by Gasteiger charge is -2.20. The summed E-state index contributed by atoms with van der Waals surface area (Å²) < 4.78 is 27.1. The molecule has 0 radical (unpaired) electrons. The Bertz CT molecular complexity index is 670. The van der Waals surface area contributed by atoms with Crippen LogP contribution in [0.5, 0.6) is 0 Å². The van der Waals surface area contributed by atoms with E-state index in [1.807, 2.05) is 6.92 Å². The third kappa shape index (κ3) is 7.78. The zero-order valence-electron chi connectivity index (χ0n) is 16.0. The molecule has 1 aliphatic heterocycles. The molecule has 154 valence electrons. The largest absolute Gasteiger partial charge is 0.356 e. The van der Waals surface area contributed by atoms with E-state index in [-0.39, 0.29) is 24.4 Å². The van der Waals surface area contributed by atoms with E-state index in [0.29, 0.717) is 37.4 Å². The maximum atomic E-state index is 12.7. The van der Waals surface area contributed by atoms with Crippen LogP contribution in [0.15, 0.2) is 29.2 Å². The lowest BCUT2D eigenvalue weighted by atomic mass is 10.1. The summed E-state index contributed by atoms with van der Waals surface area (Å²) in [5, 5.41) is 2.85. The summed E-state index contributed by atoms with van der Waals surface area (Å²) in [6.45, 7) is 3.70. The zero-order chi connectivity index (χ0) is 19.0. The van der Waals surface area contributed by atoms with Crippen molar-refractivity contribution in [3.8, 4) is 0 Å². The molecule has 0 spiro atoms. The summed E-state index contributed by atoms with van der Waals surface area (Å²) in [6.07, 6.45) is 5.78. The Kier molecular flexibility index (Phi) is 10.3. The summed E-state index contributed by atoms with van der Waals surface area (Å²) in [5.41, 5.74) is 6.61. The van der Waals surface area contributed by atoms with Crippen molar-refractivity contribution >= 4 is 28.3 Å². The first kappa shape index (κ1) is 23.9. The number of rotatable bonds is 8. The van der Waals surface area contributed by atoms with E-state index in [9.17, 15) is 13.2 Å². The Hall–Kier alpha value is -1.15. The second-order valence-corrected chi connectivity index (χ2v) is 9.02. The molecule has 0 aromatic heterocycles. The standard InChI is InChI=1S/C19H31N3O3S.ClH/c1-16(20)12-13-21-19(23)11-8-17-6-9-18(10-7-17)26(24,25)22-14-4-2-3-5-15-22;/h6-7,9-10,16H,2-5,8,11-15,20H2,1H3,(H,21,23);1H. The molecule has 1 heterocycles. The molecule has 0 bridgehead atoms. The summed E-state index contributed by atoms with van der Waals surface area (Å²) in [4.78, 5) is 12.1. The average Bonchev–Trinajstić information content (AvgIpc) is 2.90. The van der Waals surface area contributed by atoms with Crippen molar-refractivity contribution in [1.82, 2.24) is 9.62 Å². The maximum Gasteiger partial charge on any atom is 0.243 e. The molecular weight excluding hydrogens is 386 g/mol. The lowest BCUT2D eigenvalue weighted by molar-refractivity contribution is -0.121. The van der Waals surface area contributed by atoms with Gasteiger partial charge in [-0.1, -0.05) is 25.0 Å². The topological polar surface area (TPSA) is 92.5 Å². The van der Waals surface area contributed by atoms with Gasteiger partial charge in [-0.3, -0.25) is 4.79 Å². The van der Waals surface area contributed by atoms with Gasteiger partial charge in [0.1, 0.15) is 0 Å². The van der Waals surface area contributed by atoms with Crippen LogP contribution in [-0.4, -0.2) is 44.3 Å². The van der Waals surface area contributed by atoms with Gasteiger partial charge < -0.3 is 11.1 Å². The summed E-state index contributed by atoms with van der Waals surface area (Å²) in [5.74, 6) is -0.00749. The normalized spacial score (nSPS) is 16.8. The number of nitrogens with zero attached hydrogens (tertiary/aromatic N) is 1. The highest BCUT2D eigenvalue weighted by atomic mass is 35.5. The van der Waals surface area contributed by atoms with Gasteiger partial charge in [-0.25, -0.2) is 8.42 Å². The molecule has 0 saturated carbocycles. The Balaban J connectivity index is 0.00000364. The lowest BCUT2D eigenvalue weighted by Crippen LogP contribution is -2.31. The number of carbonyl (C=O) groups excluding carboxylic acids is 1. The minimum Gasteiger partial charge on any atom is -0.356 e. The van der Waals surface area contributed by atoms with E-state index >= 15 is 0 Å². The fraction of sp³-hybridized carbons (Fsp3) is 0.632. The van der Waals surface area contributed by atoms with E-state index in [2.05, 4.69) is 5.32 Å². The Morgan fingerprint density at radius 1 is 1.15 bits per heavy atom. The van der Waals surface area contributed by atoms with Crippen LogP contribution < -0.4 is 11.1 Å². The van der Waals surface area contributed by atoms with Crippen LogP contribution in [-0.2, 0) is 21.2 Å². The van der Waals surface area contributed by atoms with Gasteiger partial charge in [0.15, 0.2) is 0 Å². The van der Waals surface area contributed by atoms with Crippen molar-refractivity contribution in [1.29, 1.82) is 0 Å². The first-order chi connectivity index (χ1) is 12.4. The van der Waals surface area contributed by atoms with Gasteiger partial charge in [-0.05, 0) is 50.3 Å². The number of carbonyl (C=O) groups is 1. The summed E-state index contributed by atoms with van der Waals surface area (Å²) >= 11 is 0. The molecule has 1 amide bonds. The molecule has 3 N–H and O–H groups in total. The molecular formula is C19H32ClN3O3S. The van der Waals surface area contributed by atoms with Crippen molar-refractivity contribution in [3.05, 3.63) is 29.8 Å². The van der Waals surface area contributed by atoms with Crippen molar-refractivity contribution in [3.63, 3.8) is 0 Å². The predicted octanol–water partition coefficient (Wildman–Crippen LogP) is 2.46. The van der Waals surface area contributed by atoms with E-state index in [1.54, 1.807) is 28.6 Å². The van der Waals surface area contributed by atoms with Gasteiger partial charge in [-0.15, -0.1) is 12.4 Å². The third-order valence-electron chi connectivity index (χ3n) is 4.69. The van der Waals surface area contributed by atoms with Crippen molar-refractivity contribution in [2.24, 2.45) is 5.73 Å². The van der Waals surface area contributed by atoms with Crippen LogP contribution in [0.3, 0.4) is 0 Å². The average molecular weight is 418 g/mol. The number of sulfonamides is 1. The van der Waals surface area contributed by atoms with Crippen LogP contribution in [0.1, 0.15) is 51.0 Å². The van der Waals surface area contributed by atoms with Crippen LogP contribution in [0.4, 0.5) is 0 Å². The molecule has 27 heavy (non-hydrogen) atoms. The highest BCUT2D eigenvalue weighted by Crippen LogP contribution is 2.21. The number of aryl methyl sites for hydroxylation is 1. The van der Waals surface area contributed by atoms with Gasteiger partial charge in [0, 0.05) is 32.1 Å². The number of amides is 1. The van der Waals surface area contributed by atoms with Gasteiger partial charge >= 0.3 is 0 Å². The minimum absolute atomic E-state index is 0. The highest BCUT2D eigenvalue weighted by molar-refractivity contribution is 7.89. The van der Waals surface area contributed by atoms with Gasteiger partial charge in [0.2, 0.25) is 15.9 Å². The van der Waals surface area contributed by atoms with Gasteiger partial charge in [0.25, 0.3) is 0 Å². The molecule has 1 aliphatic rings. The first-order valence-electron chi connectivity index (χ1n) is 9.51. The zero-order valence-corrected chi connectivity index (χ0v) is 17.7. The van der Waals surface area contributed by atoms with Crippen LogP contribution in [0.25, 0.3) is 0 Å². The van der Waals surface area contributed by atoms with Gasteiger partial charge in [0.05, 0.1) is 4.90 Å². The molecule has 8 heteroatoms. The summed E-state index contributed by atoms with van der Waals surface area (Å²) in [6, 6.07) is 7.00. The Labute approximate surface area is 169 Å². The van der Waals surface area contributed by atoms with Crippen LogP contribution in [0, 0.1) is 0 Å². The number of nitrogens with two attached hydrogens (primary N) is 1. The molecule has 1 saturated heterocycles. The van der Waals surface area contributed by atoms with E-state index in [1.165, 1.54) is 0 Å². The predicted molar refractivity (Wildman–Crippen MR) is 111 cm³/mol. The molecule has 1 aromatic rings. The molecule has 6 nitrogen and oxygen atoms in total. The van der Waals surface area contributed by atoms with Crippen LogP contribution in [0.2, 0.25) is 0 Å². The Morgan fingerprint density at radius 2 is 1.74 bits per heavy atom. The Morgan fingerprint density at radius 3 is 2.30 bits per heavy atom. The smallest absolute Gasteiger partial charge is 0.243 e. The number of nitrogens with one attached hydrogen (secondary N) is 1. The third-order valence-corrected chi connectivity index (χ3v) is 6.60. The van der Waals surface area contributed by atoms with E-state index < -0.39 is 10.0 Å². The number of hydrogen-bond acceptors (Lipinski definition) is 4.